The minimum absolute atomic E-state index is 0.158. The van der Waals surface area contributed by atoms with Gasteiger partial charge >= 0.3 is 0 Å². The molecule has 0 unspecified atom stereocenters. The van der Waals surface area contributed by atoms with Crippen LogP contribution in [0.2, 0.25) is 15.1 Å². The summed E-state index contributed by atoms with van der Waals surface area (Å²) >= 11 is 18.6. The van der Waals surface area contributed by atoms with Crippen molar-refractivity contribution in [1.82, 2.24) is 4.90 Å². The van der Waals surface area contributed by atoms with Gasteiger partial charge in [0.1, 0.15) is 5.70 Å². The molecule has 0 radical (unpaired) electrons. The summed E-state index contributed by atoms with van der Waals surface area (Å²) in [5.41, 5.74) is 2.21. The van der Waals surface area contributed by atoms with Gasteiger partial charge in [-0.3, -0.25) is 14.5 Å². The molecular formula is C22H21Cl3N2O3. The summed E-state index contributed by atoms with van der Waals surface area (Å²) in [6.45, 7) is 5.00. The third-order valence-electron chi connectivity index (χ3n) is 4.77. The maximum atomic E-state index is 13.2. The van der Waals surface area contributed by atoms with Crippen LogP contribution < -0.4 is 5.32 Å². The van der Waals surface area contributed by atoms with E-state index in [1.54, 1.807) is 36.4 Å². The predicted molar refractivity (Wildman–Crippen MR) is 121 cm³/mol. The van der Waals surface area contributed by atoms with Crippen LogP contribution in [-0.2, 0) is 14.3 Å². The van der Waals surface area contributed by atoms with Crippen LogP contribution in [0.25, 0.3) is 5.57 Å². The first kappa shape index (κ1) is 22.6. The first-order chi connectivity index (χ1) is 14.3. The Bertz CT molecular complexity index is 1020. The molecule has 0 aliphatic carbocycles. The van der Waals surface area contributed by atoms with E-state index in [0.717, 1.165) is 5.56 Å². The number of hydrogen-bond acceptors (Lipinski definition) is 4. The number of amides is 2. The molecular weight excluding hydrogens is 447 g/mol. The van der Waals surface area contributed by atoms with Crippen molar-refractivity contribution in [1.29, 1.82) is 0 Å². The van der Waals surface area contributed by atoms with Crippen molar-refractivity contribution in [3.8, 4) is 0 Å². The number of rotatable bonds is 8. The second kappa shape index (κ2) is 9.84. The Labute approximate surface area is 190 Å². The first-order valence-electron chi connectivity index (χ1n) is 9.51. The first-order valence-corrected chi connectivity index (χ1v) is 10.6. The smallest absolute Gasteiger partial charge is 0.278 e. The molecule has 1 aliphatic rings. The van der Waals surface area contributed by atoms with Crippen molar-refractivity contribution in [2.45, 2.75) is 20.3 Å². The SMILES string of the molecule is CCOCCCN1C(=O)C(Nc2cccc(Cl)c2C)=C(c2ccc(Cl)cc2Cl)C1=O. The highest BCUT2D eigenvalue weighted by atomic mass is 35.5. The number of carbonyl (C=O) groups is 2. The topological polar surface area (TPSA) is 58.6 Å². The summed E-state index contributed by atoms with van der Waals surface area (Å²) < 4.78 is 5.33. The zero-order valence-electron chi connectivity index (χ0n) is 16.6. The predicted octanol–water partition coefficient (Wildman–Crippen LogP) is 5.57. The van der Waals surface area contributed by atoms with Gasteiger partial charge in [-0.15, -0.1) is 0 Å². The summed E-state index contributed by atoms with van der Waals surface area (Å²) in [6.07, 6.45) is 0.538. The molecule has 0 atom stereocenters. The van der Waals surface area contributed by atoms with E-state index in [1.807, 2.05) is 13.8 Å². The molecule has 1 aliphatic heterocycles. The van der Waals surface area contributed by atoms with Crippen molar-refractivity contribution in [2.24, 2.45) is 0 Å². The molecule has 0 aromatic heterocycles. The van der Waals surface area contributed by atoms with E-state index in [9.17, 15) is 9.59 Å². The standard InChI is InChI=1S/C22H21Cl3N2O3/c1-3-30-11-5-10-27-21(28)19(15-9-8-14(23)12-17(15)25)20(22(27)29)26-18-7-4-6-16(24)13(18)2/h4,6-9,12,26H,3,5,10-11H2,1-2H3. The van der Waals surface area contributed by atoms with Crippen LogP contribution in [0.15, 0.2) is 42.1 Å². The highest BCUT2D eigenvalue weighted by molar-refractivity contribution is 6.41. The molecule has 0 spiro atoms. The van der Waals surface area contributed by atoms with Gasteiger partial charge in [0.25, 0.3) is 11.8 Å². The fraction of sp³-hybridized carbons (Fsp3) is 0.273. The Hall–Kier alpha value is -2.05. The lowest BCUT2D eigenvalue weighted by atomic mass is 10.0. The fourth-order valence-electron chi connectivity index (χ4n) is 3.18. The van der Waals surface area contributed by atoms with Gasteiger partial charge in [0.15, 0.2) is 0 Å². The van der Waals surface area contributed by atoms with Crippen LogP contribution in [0, 0.1) is 6.92 Å². The van der Waals surface area contributed by atoms with Gasteiger partial charge in [-0.2, -0.15) is 0 Å². The molecule has 30 heavy (non-hydrogen) atoms. The summed E-state index contributed by atoms with van der Waals surface area (Å²) in [7, 11) is 0. The lowest BCUT2D eigenvalue weighted by Crippen LogP contribution is -2.34. The largest absolute Gasteiger partial charge is 0.382 e. The minimum atomic E-state index is -0.420. The number of nitrogens with one attached hydrogen (secondary N) is 1. The van der Waals surface area contributed by atoms with Crippen molar-refractivity contribution in [3.63, 3.8) is 0 Å². The van der Waals surface area contributed by atoms with Crippen molar-refractivity contribution in [3.05, 3.63) is 68.3 Å². The van der Waals surface area contributed by atoms with Gasteiger partial charge in [-0.05, 0) is 50.1 Å². The quantitative estimate of drug-likeness (QED) is 0.407. The maximum absolute atomic E-state index is 13.2. The highest BCUT2D eigenvalue weighted by Crippen LogP contribution is 2.36. The van der Waals surface area contributed by atoms with Crippen LogP contribution in [0.4, 0.5) is 5.69 Å². The van der Waals surface area contributed by atoms with E-state index in [0.29, 0.717) is 40.9 Å². The fourth-order valence-corrected chi connectivity index (χ4v) is 3.86. The molecule has 0 saturated carbocycles. The number of halogens is 3. The normalized spacial score (nSPS) is 14.1. The molecule has 2 aromatic rings. The maximum Gasteiger partial charge on any atom is 0.278 e. The van der Waals surface area contributed by atoms with Gasteiger partial charge < -0.3 is 10.1 Å². The van der Waals surface area contributed by atoms with Crippen molar-refractivity contribution >= 4 is 57.9 Å². The van der Waals surface area contributed by atoms with Gasteiger partial charge in [0.05, 0.1) is 10.6 Å². The summed E-state index contributed by atoms with van der Waals surface area (Å²) in [6, 6.07) is 10.1. The van der Waals surface area contributed by atoms with Gasteiger partial charge in [-0.1, -0.05) is 46.9 Å². The summed E-state index contributed by atoms with van der Waals surface area (Å²) in [5, 5.41) is 4.39. The Morgan fingerprint density at radius 1 is 1.03 bits per heavy atom. The molecule has 2 aromatic carbocycles. The van der Waals surface area contributed by atoms with Crippen LogP contribution in [0.5, 0.6) is 0 Å². The Morgan fingerprint density at radius 3 is 2.50 bits per heavy atom. The minimum Gasteiger partial charge on any atom is -0.382 e. The number of benzene rings is 2. The second-order valence-corrected chi connectivity index (χ2v) is 7.97. The van der Waals surface area contributed by atoms with Crippen LogP contribution in [-0.4, -0.2) is 36.5 Å². The Kier molecular flexibility index (Phi) is 7.42. The third-order valence-corrected chi connectivity index (χ3v) is 5.73. The monoisotopic (exact) mass is 466 g/mol. The molecule has 158 valence electrons. The second-order valence-electron chi connectivity index (χ2n) is 6.72. The number of hydrogen-bond donors (Lipinski definition) is 1. The van der Waals surface area contributed by atoms with E-state index in [-0.39, 0.29) is 22.8 Å². The molecule has 8 heteroatoms. The number of ether oxygens (including phenoxy) is 1. The molecule has 0 fully saturated rings. The number of carbonyl (C=O) groups excluding carboxylic acids is 2. The van der Waals surface area contributed by atoms with Crippen LogP contribution in [0.1, 0.15) is 24.5 Å². The molecule has 3 rings (SSSR count). The average Bonchev–Trinajstić information content (AvgIpc) is 2.93. The zero-order valence-corrected chi connectivity index (χ0v) is 18.9. The van der Waals surface area contributed by atoms with E-state index >= 15 is 0 Å². The lowest BCUT2D eigenvalue weighted by Gasteiger charge is -2.15. The van der Waals surface area contributed by atoms with Crippen molar-refractivity contribution in [2.75, 3.05) is 25.1 Å². The van der Waals surface area contributed by atoms with E-state index in [4.69, 9.17) is 39.5 Å². The molecule has 0 saturated heterocycles. The van der Waals surface area contributed by atoms with Gasteiger partial charge in [-0.25, -0.2) is 0 Å². The summed E-state index contributed by atoms with van der Waals surface area (Å²) in [4.78, 5) is 27.6. The van der Waals surface area contributed by atoms with E-state index < -0.39 is 11.8 Å². The third kappa shape index (κ3) is 4.65. The van der Waals surface area contributed by atoms with Crippen LogP contribution >= 0.6 is 34.8 Å². The molecule has 0 bridgehead atoms. The van der Waals surface area contributed by atoms with E-state index in [2.05, 4.69) is 5.32 Å². The van der Waals surface area contributed by atoms with Crippen molar-refractivity contribution < 1.29 is 14.3 Å². The van der Waals surface area contributed by atoms with Gasteiger partial charge in [0.2, 0.25) is 0 Å². The number of nitrogens with zero attached hydrogens (tertiary/aromatic N) is 1. The Balaban J connectivity index is 2.03. The number of imide groups is 1. The molecule has 1 N–H and O–H groups in total. The highest BCUT2D eigenvalue weighted by Gasteiger charge is 2.39. The van der Waals surface area contributed by atoms with Gasteiger partial charge in [0, 0.05) is 41.1 Å². The van der Waals surface area contributed by atoms with E-state index in [1.165, 1.54) is 4.90 Å². The molecule has 1 heterocycles. The zero-order chi connectivity index (χ0) is 21.8. The molecule has 5 nitrogen and oxygen atoms in total. The summed E-state index contributed by atoms with van der Waals surface area (Å²) in [5.74, 6) is -0.834. The average molecular weight is 468 g/mol. The van der Waals surface area contributed by atoms with Crippen LogP contribution in [0.3, 0.4) is 0 Å². The molecule has 2 amide bonds. The number of anilines is 1. The Morgan fingerprint density at radius 2 is 1.80 bits per heavy atom. The lowest BCUT2D eigenvalue weighted by molar-refractivity contribution is -0.137.